The van der Waals surface area contributed by atoms with Gasteiger partial charge < -0.3 is 0 Å². The lowest BCUT2D eigenvalue weighted by Gasteiger charge is -2.47. The summed E-state index contributed by atoms with van der Waals surface area (Å²) in [6, 6.07) is 0. The van der Waals surface area contributed by atoms with Gasteiger partial charge in [-0.05, 0) is 65.0 Å². The van der Waals surface area contributed by atoms with Gasteiger partial charge in [0.15, 0.2) is 0 Å². The standard InChI is InChI=1S/C20H39N/c1-19(2,3)21-17-15-20(16-18-21)13-11-9-7-5-4-6-8-10-12-14-20/h4-18H2,1-3H3. The molecular weight excluding hydrogens is 254 g/mol. The third kappa shape index (κ3) is 5.58. The summed E-state index contributed by atoms with van der Waals surface area (Å²) in [5.74, 6) is 0. The van der Waals surface area contributed by atoms with Gasteiger partial charge in [-0.1, -0.05) is 57.8 Å². The summed E-state index contributed by atoms with van der Waals surface area (Å²) in [5.41, 5.74) is 1.08. The first kappa shape index (κ1) is 17.3. The van der Waals surface area contributed by atoms with Crippen molar-refractivity contribution in [3.8, 4) is 0 Å². The maximum atomic E-state index is 2.72. The van der Waals surface area contributed by atoms with E-state index >= 15 is 0 Å². The lowest BCUT2D eigenvalue weighted by Crippen LogP contribution is -2.49. The summed E-state index contributed by atoms with van der Waals surface area (Å²) in [6.07, 6.45) is 19.4. The van der Waals surface area contributed by atoms with E-state index in [0.29, 0.717) is 11.0 Å². The fraction of sp³-hybridized carbons (Fsp3) is 1.00. The minimum absolute atomic E-state index is 0.368. The molecule has 0 unspecified atom stereocenters. The second kappa shape index (κ2) is 7.99. The summed E-state index contributed by atoms with van der Waals surface area (Å²) < 4.78 is 0. The van der Waals surface area contributed by atoms with Gasteiger partial charge in [-0.15, -0.1) is 0 Å². The van der Waals surface area contributed by atoms with E-state index in [1.54, 1.807) is 0 Å². The largest absolute Gasteiger partial charge is 0.298 e. The predicted molar refractivity (Wildman–Crippen MR) is 93.8 cm³/mol. The smallest absolute Gasteiger partial charge is 0.0125 e. The van der Waals surface area contributed by atoms with Crippen molar-refractivity contribution in [2.24, 2.45) is 5.41 Å². The van der Waals surface area contributed by atoms with Crippen molar-refractivity contribution in [3.05, 3.63) is 0 Å². The average molecular weight is 294 g/mol. The van der Waals surface area contributed by atoms with Gasteiger partial charge in [-0.3, -0.25) is 4.90 Å². The topological polar surface area (TPSA) is 3.24 Å². The van der Waals surface area contributed by atoms with E-state index in [2.05, 4.69) is 25.7 Å². The van der Waals surface area contributed by atoms with Crippen molar-refractivity contribution in [1.29, 1.82) is 0 Å². The quantitative estimate of drug-likeness (QED) is 0.516. The molecule has 0 aromatic rings. The Morgan fingerprint density at radius 1 is 0.571 bits per heavy atom. The highest BCUT2D eigenvalue weighted by Crippen LogP contribution is 2.43. The van der Waals surface area contributed by atoms with E-state index < -0.39 is 0 Å². The maximum Gasteiger partial charge on any atom is 0.0125 e. The Bertz CT molecular complexity index is 267. The van der Waals surface area contributed by atoms with Gasteiger partial charge in [0.1, 0.15) is 0 Å². The Kier molecular flexibility index (Phi) is 6.59. The van der Waals surface area contributed by atoms with Crippen LogP contribution in [0.3, 0.4) is 0 Å². The van der Waals surface area contributed by atoms with E-state index in [4.69, 9.17) is 0 Å². The van der Waals surface area contributed by atoms with Crippen LogP contribution in [0.4, 0.5) is 0 Å². The number of hydrogen-bond acceptors (Lipinski definition) is 1. The summed E-state index contributed by atoms with van der Waals surface area (Å²) in [5, 5.41) is 0. The van der Waals surface area contributed by atoms with E-state index in [-0.39, 0.29) is 0 Å². The van der Waals surface area contributed by atoms with E-state index in [9.17, 15) is 0 Å². The molecule has 1 aliphatic heterocycles. The van der Waals surface area contributed by atoms with Crippen LogP contribution in [0.15, 0.2) is 0 Å². The molecule has 0 N–H and O–H groups in total. The van der Waals surface area contributed by atoms with Gasteiger partial charge in [0.25, 0.3) is 0 Å². The zero-order chi connectivity index (χ0) is 15.2. The van der Waals surface area contributed by atoms with Crippen LogP contribution in [0.5, 0.6) is 0 Å². The average Bonchev–Trinajstić information content (AvgIpc) is 2.42. The highest BCUT2D eigenvalue weighted by Gasteiger charge is 2.36. The zero-order valence-electron chi connectivity index (χ0n) is 15.1. The van der Waals surface area contributed by atoms with Gasteiger partial charge in [0.05, 0.1) is 0 Å². The molecular formula is C20H39N. The fourth-order valence-corrected chi connectivity index (χ4v) is 4.51. The number of hydrogen-bond donors (Lipinski definition) is 0. The SMILES string of the molecule is CC(C)(C)N1CCC2(CCCCCCCCCCC2)CC1. The molecule has 0 atom stereocenters. The molecule has 1 spiro atoms. The third-order valence-corrected chi connectivity index (χ3v) is 6.19. The molecule has 1 heteroatoms. The van der Waals surface area contributed by atoms with Crippen molar-refractivity contribution in [2.75, 3.05) is 13.1 Å². The van der Waals surface area contributed by atoms with Crippen LogP contribution in [0.1, 0.15) is 104 Å². The minimum atomic E-state index is 0.368. The summed E-state index contributed by atoms with van der Waals surface area (Å²) in [4.78, 5) is 2.72. The number of rotatable bonds is 0. The second-order valence-electron chi connectivity index (χ2n) is 8.84. The molecule has 2 aliphatic rings. The molecule has 1 saturated heterocycles. The highest BCUT2D eigenvalue weighted by molar-refractivity contribution is 4.90. The molecule has 1 saturated carbocycles. The van der Waals surface area contributed by atoms with Crippen molar-refractivity contribution in [1.82, 2.24) is 4.90 Å². The molecule has 1 nitrogen and oxygen atoms in total. The lowest BCUT2D eigenvalue weighted by molar-refractivity contribution is 0.0300. The number of likely N-dealkylation sites (tertiary alicyclic amines) is 1. The van der Waals surface area contributed by atoms with Crippen molar-refractivity contribution in [2.45, 2.75) is 110 Å². The van der Waals surface area contributed by atoms with Crippen molar-refractivity contribution in [3.63, 3.8) is 0 Å². The van der Waals surface area contributed by atoms with Crippen molar-refractivity contribution >= 4 is 0 Å². The van der Waals surface area contributed by atoms with Crippen LogP contribution in [-0.2, 0) is 0 Å². The maximum absolute atomic E-state index is 2.72. The van der Waals surface area contributed by atoms with Crippen LogP contribution in [0.2, 0.25) is 0 Å². The third-order valence-electron chi connectivity index (χ3n) is 6.19. The van der Waals surface area contributed by atoms with Gasteiger partial charge in [0, 0.05) is 5.54 Å². The van der Waals surface area contributed by atoms with Gasteiger partial charge >= 0.3 is 0 Å². The summed E-state index contributed by atoms with van der Waals surface area (Å²) in [7, 11) is 0. The van der Waals surface area contributed by atoms with E-state index in [1.807, 2.05) is 0 Å². The first-order valence-electron chi connectivity index (χ1n) is 9.77. The lowest BCUT2D eigenvalue weighted by atomic mass is 9.70. The Labute approximate surface area is 133 Å². The minimum Gasteiger partial charge on any atom is -0.298 e. The molecule has 0 bridgehead atoms. The molecule has 2 fully saturated rings. The Morgan fingerprint density at radius 3 is 1.33 bits per heavy atom. The molecule has 21 heavy (non-hydrogen) atoms. The monoisotopic (exact) mass is 293 g/mol. The fourth-order valence-electron chi connectivity index (χ4n) is 4.51. The zero-order valence-corrected chi connectivity index (χ0v) is 15.1. The van der Waals surface area contributed by atoms with Gasteiger partial charge in [-0.25, -0.2) is 0 Å². The molecule has 1 aliphatic carbocycles. The Morgan fingerprint density at radius 2 is 0.952 bits per heavy atom. The first-order chi connectivity index (χ1) is 10.0. The normalized spacial score (nSPS) is 27.0. The second-order valence-corrected chi connectivity index (χ2v) is 8.84. The van der Waals surface area contributed by atoms with Crippen molar-refractivity contribution < 1.29 is 0 Å². The molecule has 0 amide bonds. The van der Waals surface area contributed by atoms with Crippen LogP contribution in [-0.4, -0.2) is 23.5 Å². The van der Waals surface area contributed by atoms with Gasteiger partial charge in [0.2, 0.25) is 0 Å². The van der Waals surface area contributed by atoms with E-state index in [0.717, 1.165) is 0 Å². The van der Waals surface area contributed by atoms with Crippen LogP contribution in [0, 0.1) is 5.41 Å². The molecule has 0 aromatic heterocycles. The first-order valence-corrected chi connectivity index (χ1v) is 9.77. The molecule has 0 aromatic carbocycles. The highest BCUT2D eigenvalue weighted by atomic mass is 15.2. The number of piperidine rings is 1. The van der Waals surface area contributed by atoms with Crippen LogP contribution < -0.4 is 0 Å². The molecule has 2 rings (SSSR count). The van der Waals surface area contributed by atoms with E-state index in [1.165, 1.54) is 96.6 Å². The van der Waals surface area contributed by atoms with Crippen LogP contribution >= 0.6 is 0 Å². The summed E-state index contributed by atoms with van der Waals surface area (Å²) in [6.45, 7) is 9.82. The molecule has 124 valence electrons. The van der Waals surface area contributed by atoms with Gasteiger partial charge in [-0.2, -0.15) is 0 Å². The molecule has 1 heterocycles. The Hall–Kier alpha value is -0.0400. The Balaban J connectivity index is 1.88. The predicted octanol–water partition coefficient (Wildman–Crippen LogP) is 6.17. The molecule has 0 radical (unpaired) electrons. The van der Waals surface area contributed by atoms with Crippen LogP contribution in [0.25, 0.3) is 0 Å². The summed E-state index contributed by atoms with van der Waals surface area (Å²) >= 11 is 0. The number of nitrogens with zero attached hydrogens (tertiary/aromatic N) is 1.